The van der Waals surface area contributed by atoms with Crippen LogP contribution in [0, 0.1) is 6.92 Å². The first-order chi connectivity index (χ1) is 18.5. The molecule has 10 heteroatoms. The molecule has 0 aromatic heterocycles. The van der Waals surface area contributed by atoms with E-state index in [1.165, 1.54) is 14.0 Å². The summed E-state index contributed by atoms with van der Waals surface area (Å²) in [4.78, 5) is 40.1. The molecule has 1 aliphatic heterocycles. The molecular formula is C29H36N2O7S. The van der Waals surface area contributed by atoms with Crippen LogP contribution in [0.1, 0.15) is 50.2 Å². The van der Waals surface area contributed by atoms with Crippen molar-refractivity contribution in [2.24, 2.45) is 0 Å². The normalized spacial score (nSPS) is 19.9. The van der Waals surface area contributed by atoms with Crippen LogP contribution >= 0.6 is 0 Å². The topological polar surface area (TPSA) is 110 Å². The Balaban J connectivity index is 1.71. The predicted molar refractivity (Wildman–Crippen MR) is 145 cm³/mol. The van der Waals surface area contributed by atoms with Crippen molar-refractivity contribution in [3.63, 3.8) is 0 Å². The standard InChI is InChI=1S/C29H36N2O7S/c1-20-5-11-26(12-6-20)39(35,36)30(3)27-18-29(15-13-24(33)14-16-29)31(28(27)34)23(19-38-21(2)32)17-22-7-9-25(37-4)10-8-22/h5-12,23,27H,13-19H2,1-4H3/t23-,27-/m0/s1. The molecule has 2 fully saturated rings. The van der Waals surface area contributed by atoms with Crippen LogP contribution < -0.4 is 4.74 Å². The van der Waals surface area contributed by atoms with Gasteiger partial charge < -0.3 is 14.4 Å². The molecule has 39 heavy (non-hydrogen) atoms. The SMILES string of the molecule is COc1ccc(C[C@@H](COC(C)=O)N2C(=O)[C@@H](N(C)S(=O)(=O)c3ccc(C)cc3)CC23CCC(=O)CC3)cc1. The molecule has 1 saturated heterocycles. The fraction of sp³-hybridized carbons (Fsp3) is 0.483. The van der Waals surface area contributed by atoms with Crippen molar-refractivity contribution in [1.82, 2.24) is 9.21 Å². The molecule has 2 aromatic rings. The Morgan fingerprint density at radius 3 is 2.26 bits per heavy atom. The Bertz CT molecular complexity index is 1310. The largest absolute Gasteiger partial charge is 0.497 e. The van der Waals surface area contributed by atoms with Gasteiger partial charge >= 0.3 is 5.97 Å². The molecule has 0 N–H and O–H groups in total. The minimum atomic E-state index is -3.96. The smallest absolute Gasteiger partial charge is 0.302 e. The van der Waals surface area contributed by atoms with Gasteiger partial charge in [-0.25, -0.2) is 8.42 Å². The lowest BCUT2D eigenvalue weighted by atomic mass is 9.78. The van der Waals surface area contributed by atoms with E-state index >= 15 is 0 Å². The molecule has 1 aliphatic carbocycles. The average molecular weight is 557 g/mol. The van der Waals surface area contributed by atoms with E-state index in [1.54, 1.807) is 36.3 Å². The predicted octanol–water partition coefficient (Wildman–Crippen LogP) is 3.28. The quantitative estimate of drug-likeness (QED) is 0.436. The van der Waals surface area contributed by atoms with E-state index in [1.807, 2.05) is 31.2 Å². The number of carbonyl (C=O) groups excluding carboxylic acids is 3. The minimum absolute atomic E-state index is 0.0378. The summed E-state index contributed by atoms with van der Waals surface area (Å²) in [6.45, 7) is 3.15. The summed E-state index contributed by atoms with van der Waals surface area (Å²) in [6.07, 6.45) is 2.15. The molecule has 0 bridgehead atoms. The Labute approximate surface area is 230 Å². The summed E-state index contributed by atoms with van der Waals surface area (Å²) in [7, 11) is -0.942. The Kier molecular flexibility index (Phi) is 8.46. The van der Waals surface area contributed by atoms with Crippen molar-refractivity contribution < 1.29 is 32.3 Å². The zero-order valence-electron chi connectivity index (χ0n) is 22.9. The van der Waals surface area contributed by atoms with Gasteiger partial charge in [0.1, 0.15) is 24.2 Å². The molecule has 9 nitrogen and oxygen atoms in total. The van der Waals surface area contributed by atoms with Crippen LogP contribution in [0.15, 0.2) is 53.4 Å². The number of methoxy groups -OCH3 is 1. The number of Topliss-reactive ketones (excluding diaryl/α,β-unsaturated/α-hetero) is 1. The lowest BCUT2D eigenvalue weighted by Crippen LogP contribution is -2.55. The van der Waals surface area contributed by atoms with Crippen LogP contribution in [0.4, 0.5) is 0 Å². The van der Waals surface area contributed by atoms with Crippen LogP contribution in [0.25, 0.3) is 0 Å². The first kappa shape index (κ1) is 28.8. The van der Waals surface area contributed by atoms with Gasteiger partial charge in [0.15, 0.2) is 0 Å². The van der Waals surface area contributed by atoms with Crippen LogP contribution in [-0.4, -0.2) is 73.7 Å². The van der Waals surface area contributed by atoms with Gasteiger partial charge in [0.05, 0.1) is 18.0 Å². The van der Waals surface area contributed by atoms with Crippen molar-refractivity contribution in [2.45, 2.75) is 74.9 Å². The van der Waals surface area contributed by atoms with Gasteiger partial charge in [-0.05, 0) is 62.4 Å². The van der Waals surface area contributed by atoms with E-state index in [9.17, 15) is 22.8 Å². The number of esters is 1. The average Bonchev–Trinajstić information content (AvgIpc) is 3.19. The highest BCUT2D eigenvalue weighted by atomic mass is 32.2. The summed E-state index contributed by atoms with van der Waals surface area (Å²) >= 11 is 0. The molecule has 2 aliphatic rings. The highest BCUT2D eigenvalue weighted by Gasteiger charge is 2.56. The molecule has 1 amide bonds. The zero-order valence-corrected chi connectivity index (χ0v) is 23.7. The molecular weight excluding hydrogens is 520 g/mol. The van der Waals surface area contributed by atoms with Gasteiger partial charge in [0.2, 0.25) is 15.9 Å². The van der Waals surface area contributed by atoms with E-state index in [-0.39, 0.29) is 29.6 Å². The first-order valence-electron chi connectivity index (χ1n) is 13.1. The molecule has 0 unspecified atom stereocenters. The summed E-state index contributed by atoms with van der Waals surface area (Å²) in [5.74, 6) is 0.0136. The van der Waals surface area contributed by atoms with Gasteiger partial charge in [-0.2, -0.15) is 4.31 Å². The van der Waals surface area contributed by atoms with Crippen LogP contribution in [0.3, 0.4) is 0 Å². The Morgan fingerprint density at radius 1 is 1.08 bits per heavy atom. The Morgan fingerprint density at radius 2 is 1.69 bits per heavy atom. The number of aryl methyl sites for hydroxylation is 1. The first-order valence-corrected chi connectivity index (χ1v) is 14.6. The zero-order chi connectivity index (χ0) is 28.4. The van der Waals surface area contributed by atoms with E-state index < -0.39 is 33.6 Å². The number of likely N-dealkylation sites (tertiary alicyclic amines) is 1. The third-order valence-electron chi connectivity index (χ3n) is 7.96. The monoisotopic (exact) mass is 556 g/mol. The van der Waals surface area contributed by atoms with Crippen molar-refractivity contribution in [1.29, 1.82) is 0 Å². The summed E-state index contributed by atoms with van der Waals surface area (Å²) < 4.78 is 39.0. The number of likely N-dealkylation sites (N-methyl/N-ethyl adjacent to an activating group) is 1. The number of ketones is 1. The summed E-state index contributed by atoms with van der Waals surface area (Å²) in [5.41, 5.74) is 1.12. The van der Waals surface area contributed by atoms with E-state index in [4.69, 9.17) is 9.47 Å². The van der Waals surface area contributed by atoms with Gasteiger partial charge in [0.25, 0.3) is 0 Å². The Hall–Kier alpha value is -3.24. The summed E-state index contributed by atoms with van der Waals surface area (Å²) in [5, 5.41) is 0. The van der Waals surface area contributed by atoms with Crippen LogP contribution in [-0.2, 0) is 35.6 Å². The van der Waals surface area contributed by atoms with Gasteiger partial charge in [-0.3, -0.25) is 14.4 Å². The lowest BCUT2D eigenvalue weighted by Gasteiger charge is -2.45. The van der Waals surface area contributed by atoms with Crippen molar-refractivity contribution in [3.05, 3.63) is 59.7 Å². The molecule has 1 heterocycles. The van der Waals surface area contributed by atoms with Crippen molar-refractivity contribution >= 4 is 27.7 Å². The number of hydrogen-bond acceptors (Lipinski definition) is 7. The van der Waals surface area contributed by atoms with Crippen LogP contribution in [0.5, 0.6) is 5.75 Å². The van der Waals surface area contributed by atoms with Gasteiger partial charge in [0, 0.05) is 32.4 Å². The number of amides is 1. The van der Waals surface area contributed by atoms with Crippen LogP contribution in [0.2, 0.25) is 0 Å². The number of hydrogen-bond donors (Lipinski definition) is 0. The molecule has 2 atom stereocenters. The second-order valence-electron chi connectivity index (χ2n) is 10.5. The second-order valence-corrected chi connectivity index (χ2v) is 12.5. The number of rotatable bonds is 9. The van der Waals surface area contributed by atoms with Crippen molar-refractivity contribution in [2.75, 3.05) is 20.8 Å². The maximum Gasteiger partial charge on any atom is 0.302 e. The van der Waals surface area contributed by atoms with E-state index in [0.717, 1.165) is 15.4 Å². The van der Waals surface area contributed by atoms with Crippen molar-refractivity contribution in [3.8, 4) is 5.75 Å². The number of benzene rings is 2. The third kappa shape index (κ3) is 6.01. The second kappa shape index (κ2) is 11.5. The number of nitrogens with zero attached hydrogens (tertiary/aromatic N) is 2. The minimum Gasteiger partial charge on any atom is -0.497 e. The maximum atomic E-state index is 14.2. The highest BCUT2D eigenvalue weighted by Crippen LogP contribution is 2.45. The maximum absolute atomic E-state index is 14.2. The van der Waals surface area contributed by atoms with E-state index in [0.29, 0.717) is 37.9 Å². The fourth-order valence-corrected chi connectivity index (χ4v) is 7.06. The molecule has 4 rings (SSSR count). The molecule has 210 valence electrons. The third-order valence-corrected chi connectivity index (χ3v) is 9.84. The van der Waals surface area contributed by atoms with E-state index in [2.05, 4.69) is 0 Å². The molecule has 0 radical (unpaired) electrons. The molecule has 1 spiro atoms. The number of sulfonamides is 1. The van der Waals surface area contributed by atoms with Gasteiger partial charge in [-0.15, -0.1) is 0 Å². The number of carbonyl (C=O) groups is 3. The fourth-order valence-electron chi connectivity index (χ4n) is 5.75. The summed E-state index contributed by atoms with van der Waals surface area (Å²) in [6, 6.07) is 12.5. The lowest BCUT2D eigenvalue weighted by molar-refractivity contribution is -0.149. The molecule has 1 saturated carbocycles. The highest BCUT2D eigenvalue weighted by molar-refractivity contribution is 7.89. The van der Waals surface area contributed by atoms with Gasteiger partial charge in [-0.1, -0.05) is 29.8 Å². The molecule has 2 aromatic carbocycles. The number of ether oxygens (including phenoxy) is 2.